The molecule has 1 heterocycles. The predicted molar refractivity (Wildman–Crippen MR) is 140 cm³/mol. The molecule has 0 saturated heterocycles. The third-order valence-electron chi connectivity index (χ3n) is 5.68. The predicted octanol–water partition coefficient (Wildman–Crippen LogP) is 5.17. The van der Waals surface area contributed by atoms with Gasteiger partial charge in [0.25, 0.3) is 17.5 Å². The van der Waals surface area contributed by atoms with Crippen molar-refractivity contribution in [3.8, 4) is 0 Å². The van der Waals surface area contributed by atoms with Crippen molar-refractivity contribution >= 4 is 46.1 Å². The first-order chi connectivity index (χ1) is 17.3. The number of hydrogen-bond donors (Lipinski definition) is 3. The van der Waals surface area contributed by atoms with E-state index in [-0.39, 0.29) is 16.9 Å². The summed E-state index contributed by atoms with van der Waals surface area (Å²) in [4.78, 5) is 39.8. The molecule has 3 aromatic carbocycles. The van der Waals surface area contributed by atoms with Gasteiger partial charge in [-0.3, -0.25) is 19.7 Å². The number of aromatic amines is 1. The number of benzene rings is 3. The lowest BCUT2D eigenvalue weighted by Gasteiger charge is -2.12. The molecular weight excluding hydrogens is 480 g/mol. The van der Waals surface area contributed by atoms with Crippen LogP contribution >= 0.6 is 11.6 Å². The summed E-state index contributed by atoms with van der Waals surface area (Å²) in [6.07, 6.45) is 2.12. The second-order valence-corrected chi connectivity index (χ2v) is 8.59. The highest BCUT2D eigenvalue weighted by Gasteiger charge is 2.17. The number of hydrogen-bond acceptors (Lipinski definition) is 4. The quantitative estimate of drug-likeness (QED) is 0.175. The fourth-order valence-corrected chi connectivity index (χ4v) is 4.02. The lowest BCUT2D eigenvalue weighted by molar-refractivity contribution is -0.384. The van der Waals surface area contributed by atoms with Crippen LogP contribution in [0.4, 0.5) is 5.69 Å². The maximum absolute atomic E-state index is 13.1. The largest absolute Gasteiger partial charge is 0.358 e. The summed E-state index contributed by atoms with van der Waals surface area (Å²) >= 11 is 5.96. The fraction of sp³-hybridized carbons (Fsp3) is 0.111. The van der Waals surface area contributed by atoms with Crippen molar-refractivity contribution in [2.45, 2.75) is 13.3 Å². The van der Waals surface area contributed by atoms with Gasteiger partial charge in [-0.2, -0.15) is 0 Å². The van der Waals surface area contributed by atoms with Crippen molar-refractivity contribution in [3.05, 3.63) is 116 Å². The third-order valence-corrected chi connectivity index (χ3v) is 5.93. The number of aromatic nitrogens is 1. The molecule has 0 radical (unpaired) electrons. The number of carbonyl (C=O) groups is 2. The summed E-state index contributed by atoms with van der Waals surface area (Å²) in [5.41, 5.74) is 3.67. The van der Waals surface area contributed by atoms with Crippen LogP contribution in [0, 0.1) is 17.0 Å². The van der Waals surface area contributed by atoms with Crippen molar-refractivity contribution in [1.82, 2.24) is 15.6 Å². The fourth-order valence-electron chi connectivity index (χ4n) is 3.89. The number of H-pyrrole nitrogens is 1. The van der Waals surface area contributed by atoms with E-state index in [0.29, 0.717) is 23.6 Å². The highest BCUT2D eigenvalue weighted by Crippen LogP contribution is 2.22. The smallest absolute Gasteiger partial charge is 0.270 e. The van der Waals surface area contributed by atoms with E-state index in [2.05, 4.69) is 15.6 Å². The number of fused-ring (bicyclic) bond motifs is 1. The SMILES string of the molecule is Cc1[nH]c2ccccc2c1CCNC(=O)/C(=C/c1ccc(Cl)cc1)NC(=O)c1cccc([N+](=O)[O-])c1. The van der Waals surface area contributed by atoms with Gasteiger partial charge in [-0.1, -0.05) is 48.0 Å². The minimum Gasteiger partial charge on any atom is -0.358 e. The molecule has 0 atom stereocenters. The van der Waals surface area contributed by atoms with Gasteiger partial charge in [-0.25, -0.2) is 0 Å². The molecule has 0 fully saturated rings. The molecule has 2 amide bonds. The summed E-state index contributed by atoms with van der Waals surface area (Å²) in [5, 5.41) is 18.2. The Hall–Kier alpha value is -4.43. The molecule has 0 aliphatic heterocycles. The van der Waals surface area contributed by atoms with Crippen LogP contribution in [0.5, 0.6) is 0 Å². The molecular formula is C27H23ClN4O4. The van der Waals surface area contributed by atoms with Crippen LogP contribution < -0.4 is 10.6 Å². The van der Waals surface area contributed by atoms with Crippen LogP contribution in [0.25, 0.3) is 17.0 Å². The molecule has 1 aromatic heterocycles. The molecule has 0 unspecified atom stereocenters. The van der Waals surface area contributed by atoms with Crippen LogP contribution in [-0.2, 0) is 11.2 Å². The second kappa shape index (κ2) is 10.9. The third kappa shape index (κ3) is 5.79. The zero-order valence-corrected chi connectivity index (χ0v) is 20.1. The molecule has 0 aliphatic rings. The Morgan fingerprint density at radius 1 is 1.06 bits per heavy atom. The first kappa shape index (κ1) is 24.7. The van der Waals surface area contributed by atoms with Gasteiger partial charge in [0.1, 0.15) is 5.70 Å². The molecule has 4 aromatic rings. The Morgan fingerprint density at radius 3 is 2.56 bits per heavy atom. The maximum atomic E-state index is 13.1. The van der Waals surface area contributed by atoms with Crippen molar-refractivity contribution in [3.63, 3.8) is 0 Å². The first-order valence-electron chi connectivity index (χ1n) is 11.2. The molecule has 182 valence electrons. The van der Waals surface area contributed by atoms with Gasteiger partial charge in [0.05, 0.1) is 4.92 Å². The summed E-state index contributed by atoms with van der Waals surface area (Å²) in [6, 6.07) is 20.0. The monoisotopic (exact) mass is 502 g/mol. The van der Waals surface area contributed by atoms with Crippen molar-refractivity contribution in [2.24, 2.45) is 0 Å². The van der Waals surface area contributed by atoms with Crippen LogP contribution in [-0.4, -0.2) is 28.3 Å². The molecule has 4 rings (SSSR count). The van der Waals surface area contributed by atoms with Crippen molar-refractivity contribution in [1.29, 1.82) is 0 Å². The Kier molecular flexibility index (Phi) is 7.46. The number of para-hydroxylation sites is 1. The molecule has 0 aliphatic carbocycles. The number of nitrogens with zero attached hydrogens (tertiary/aromatic N) is 1. The van der Waals surface area contributed by atoms with Crippen LogP contribution in [0.15, 0.2) is 78.5 Å². The van der Waals surface area contributed by atoms with Gasteiger partial charge >= 0.3 is 0 Å². The number of nitrogens with one attached hydrogen (secondary N) is 3. The molecule has 0 spiro atoms. The Bertz CT molecular complexity index is 1470. The van der Waals surface area contributed by atoms with Gasteiger partial charge in [0.15, 0.2) is 0 Å². The number of amides is 2. The number of aryl methyl sites for hydroxylation is 1. The van der Waals surface area contributed by atoms with Crippen molar-refractivity contribution in [2.75, 3.05) is 6.54 Å². The zero-order valence-electron chi connectivity index (χ0n) is 19.4. The zero-order chi connectivity index (χ0) is 25.7. The Morgan fingerprint density at radius 2 is 1.81 bits per heavy atom. The second-order valence-electron chi connectivity index (χ2n) is 8.15. The number of nitro groups is 1. The van der Waals surface area contributed by atoms with Gasteiger partial charge < -0.3 is 15.6 Å². The summed E-state index contributed by atoms with van der Waals surface area (Å²) < 4.78 is 0. The Labute approximate surface area is 212 Å². The Balaban J connectivity index is 1.53. The lowest BCUT2D eigenvalue weighted by atomic mass is 10.1. The highest BCUT2D eigenvalue weighted by atomic mass is 35.5. The number of nitro benzene ring substituents is 1. The van der Waals surface area contributed by atoms with Gasteiger partial charge in [0, 0.05) is 45.9 Å². The van der Waals surface area contributed by atoms with Crippen LogP contribution in [0.1, 0.15) is 27.2 Å². The van der Waals surface area contributed by atoms with E-state index in [1.807, 2.05) is 31.2 Å². The minimum absolute atomic E-state index is 0.00415. The standard InChI is InChI=1S/C27H23ClN4O4/c1-17-22(23-7-2-3-8-24(23)30-17)13-14-29-27(34)25(15-18-9-11-20(28)12-10-18)31-26(33)19-5-4-6-21(16-19)32(35)36/h2-12,15-16,30H,13-14H2,1H3,(H,29,34)(H,31,33)/b25-15-. The van der Waals surface area contributed by atoms with E-state index in [4.69, 9.17) is 11.6 Å². The molecule has 3 N–H and O–H groups in total. The number of rotatable bonds is 8. The van der Waals surface area contributed by atoms with Gasteiger partial charge in [-0.15, -0.1) is 0 Å². The lowest BCUT2D eigenvalue weighted by Crippen LogP contribution is -2.35. The van der Waals surface area contributed by atoms with Gasteiger partial charge in [0.2, 0.25) is 0 Å². The summed E-state index contributed by atoms with van der Waals surface area (Å²) in [6.45, 7) is 2.33. The van der Waals surface area contributed by atoms with E-state index >= 15 is 0 Å². The normalized spacial score (nSPS) is 11.3. The van der Waals surface area contributed by atoms with Crippen LogP contribution in [0.2, 0.25) is 5.02 Å². The first-order valence-corrected chi connectivity index (χ1v) is 11.6. The number of carbonyl (C=O) groups excluding carboxylic acids is 2. The van der Waals surface area contributed by atoms with E-state index in [1.165, 1.54) is 24.3 Å². The van der Waals surface area contributed by atoms with E-state index < -0.39 is 16.7 Å². The highest BCUT2D eigenvalue weighted by molar-refractivity contribution is 6.30. The molecule has 36 heavy (non-hydrogen) atoms. The molecule has 8 nitrogen and oxygen atoms in total. The van der Waals surface area contributed by atoms with E-state index in [9.17, 15) is 19.7 Å². The minimum atomic E-state index is -0.637. The van der Waals surface area contributed by atoms with Gasteiger partial charge in [-0.05, 0) is 54.8 Å². The van der Waals surface area contributed by atoms with Crippen LogP contribution in [0.3, 0.4) is 0 Å². The average molecular weight is 503 g/mol. The van der Waals surface area contributed by atoms with E-state index in [1.54, 1.807) is 24.3 Å². The molecule has 0 saturated carbocycles. The summed E-state index contributed by atoms with van der Waals surface area (Å²) in [7, 11) is 0. The topological polar surface area (TPSA) is 117 Å². The van der Waals surface area contributed by atoms with E-state index in [0.717, 1.165) is 28.2 Å². The summed E-state index contributed by atoms with van der Waals surface area (Å²) in [5.74, 6) is -1.12. The molecule has 9 heteroatoms. The molecule has 0 bridgehead atoms. The maximum Gasteiger partial charge on any atom is 0.270 e. The van der Waals surface area contributed by atoms with Crippen molar-refractivity contribution < 1.29 is 14.5 Å². The number of halogens is 1. The average Bonchev–Trinajstić information content (AvgIpc) is 3.19. The number of non-ortho nitro benzene ring substituents is 1.